The van der Waals surface area contributed by atoms with Crippen LogP contribution in [0.15, 0.2) is 30.8 Å². The number of benzene rings is 1. The molecule has 0 unspecified atom stereocenters. The summed E-state index contributed by atoms with van der Waals surface area (Å²) >= 11 is 0. The lowest BCUT2D eigenvalue weighted by Crippen LogP contribution is -2.19. The number of hydrogen-bond acceptors (Lipinski definition) is 1. The molecule has 1 fully saturated rings. The molecule has 2 rings (SSSR count). The standard InChI is InChI=1S/C14H18O/c1-2-12-7-6-10-14(11-12)15-13-8-4-3-5-9-13/h2,6-7,10-11,13H,1,3-5,8-9H2. The van der Waals surface area contributed by atoms with Gasteiger partial charge in [0, 0.05) is 0 Å². The van der Waals surface area contributed by atoms with Crippen molar-refractivity contribution < 1.29 is 4.74 Å². The summed E-state index contributed by atoms with van der Waals surface area (Å²) < 4.78 is 5.95. The molecule has 1 nitrogen and oxygen atoms in total. The molecular weight excluding hydrogens is 184 g/mol. The van der Waals surface area contributed by atoms with Gasteiger partial charge in [0.15, 0.2) is 0 Å². The fraction of sp³-hybridized carbons (Fsp3) is 0.429. The summed E-state index contributed by atoms with van der Waals surface area (Å²) in [5.74, 6) is 0.985. The van der Waals surface area contributed by atoms with E-state index in [9.17, 15) is 0 Å². The van der Waals surface area contributed by atoms with Gasteiger partial charge in [0.25, 0.3) is 0 Å². The van der Waals surface area contributed by atoms with Crippen LogP contribution in [0.25, 0.3) is 6.08 Å². The molecule has 1 aromatic carbocycles. The summed E-state index contributed by atoms with van der Waals surface area (Å²) in [7, 11) is 0. The summed E-state index contributed by atoms with van der Waals surface area (Å²) in [5.41, 5.74) is 1.13. The van der Waals surface area contributed by atoms with E-state index < -0.39 is 0 Å². The van der Waals surface area contributed by atoms with Gasteiger partial charge < -0.3 is 4.74 Å². The Morgan fingerprint density at radius 3 is 2.73 bits per heavy atom. The van der Waals surface area contributed by atoms with Crippen LogP contribution < -0.4 is 4.74 Å². The third-order valence-electron chi connectivity index (χ3n) is 2.95. The summed E-state index contributed by atoms with van der Waals surface area (Å²) in [5, 5.41) is 0. The summed E-state index contributed by atoms with van der Waals surface area (Å²) in [6.07, 6.45) is 8.69. The van der Waals surface area contributed by atoms with Gasteiger partial charge in [-0.3, -0.25) is 0 Å². The van der Waals surface area contributed by atoms with E-state index >= 15 is 0 Å². The zero-order valence-electron chi connectivity index (χ0n) is 9.11. The van der Waals surface area contributed by atoms with Crippen LogP contribution in [0.5, 0.6) is 5.75 Å². The Labute approximate surface area is 91.8 Å². The smallest absolute Gasteiger partial charge is 0.120 e. The van der Waals surface area contributed by atoms with Crippen LogP contribution in [0, 0.1) is 0 Å². The Hall–Kier alpha value is -1.24. The minimum Gasteiger partial charge on any atom is -0.490 e. The second-order valence-corrected chi connectivity index (χ2v) is 4.15. The molecule has 1 heteroatoms. The first kappa shape index (κ1) is 10.3. The lowest BCUT2D eigenvalue weighted by Gasteiger charge is -2.23. The number of rotatable bonds is 3. The van der Waals surface area contributed by atoms with Gasteiger partial charge in [-0.15, -0.1) is 0 Å². The third kappa shape index (κ3) is 2.85. The average molecular weight is 202 g/mol. The molecule has 0 radical (unpaired) electrons. The average Bonchev–Trinajstić information content (AvgIpc) is 2.31. The summed E-state index contributed by atoms with van der Waals surface area (Å²) in [6, 6.07) is 8.15. The van der Waals surface area contributed by atoms with Gasteiger partial charge in [-0.2, -0.15) is 0 Å². The van der Waals surface area contributed by atoms with Crippen LogP contribution in [0.3, 0.4) is 0 Å². The van der Waals surface area contributed by atoms with Crippen LogP contribution in [-0.4, -0.2) is 6.10 Å². The van der Waals surface area contributed by atoms with Crippen molar-refractivity contribution in [3.63, 3.8) is 0 Å². The van der Waals surface area contributed by atoms with E-state index in [-0.39, 0.29) is 0 Å². The monoisotopic (exact) mass is 202 g/mol. The molecule has 1 saturated carbocycles. The highest BCUT2D eigenvalue weighted by molar-refractivity contribution is 5.49. The minimum absolute atomic E-state index is 0.429. The number of ether oxygens (including phenoxy) is 1. The fourth-order valence-corrected chi connectivity index (χ4v) is 2.09. The van der Waals surface area contributed by atoms with Crippen molar-refractivity contribution in [3.05, 3.63) is 36.4 Å². The highest BCUT2D eigenvalue weighted by atomic mass is 16.5. The molecule has 1 aliphatic carbocycles. The molecule has 1 aliphatic rings. The Morgan fingerprint density at radius 1 is 1.20 bits per heavy atom. The predicted molar refractivity (Wildman–Crippen MR) is 64.0 cm³/mol. The minimum atomic E-state index is 0.429. The Morgan fingerprint density at radius 2 is 2.00 bits per heavy atom. The van der Waals surface area contributed by atoms with Gasteiger partial charge in [-0.05, 0) is 43.4 Å². The van der Waals surface area contributed by atoms with Crippen molar-refractivity contribution in [2.45, 2.75) is 38.2 Å². The topological polar surface area (TPSA) is 9.23 Å². The van der Waals surface area contributed by atoms with Crippen molar-refractivity contribution >= 4 is 6.08 Å². The molecule has 0 amide bonds. The first-order valence-electron chi connectivity index (χ1n) is 5.77. The summed E-state index contributed by atoms with van der Waals surface area (Å²) in [4.78, 5) is 0. The van der Waals surface area contributed by atoms with Gasteiger partial charge in [0.05, 0.1) is 6.10 Å². The van der Waals surface area contributed by atoms with Crippen LogP contribution in [-0.2, 0) is 0 Å². The normalized spacial score (nSPS) is 17.3. The molecule has 0 aromatic heterocycles. The first-order chi connectivity index (χ1) is 7.38. The second kappa shape index (κ2) is 5.01. The second-order valence-electron chi connectivity index (χ2n) is 4.15. The van der Waals surface area contributed by atoms with Crippen LogP contribution >= 0.6 is 0 Å². The zero-order valence-corrected chi connectivity index (χ0v) is 9.11. The molecule has 0 spiro atoms. The fourth-order valence-electron chi connectivity index (χ4n) is 2.09. The van der Waals surface area contributed by atoms with Gasteiger partial charge in [-0.1, -0.05) is 31.2 Å². The van der Waals surface area contributed by atoms with E-state index in [1.807, 2.05) is 24.3 Å². The molecule has 0 bridgehead atoms. The largest absolute Gasteiger partial charge is 0.490 e. The maximum Gasteiger partial charge on any atom is 0.120 e. The van der Waals surface area contributed by atoms with Crippen molar-refractivity contribution in [2.75, 3.05) is 0 Å². The zero-order chi connectivity index (χ0) is 10.5. The SMILES string of the molecule is C=Cc1cccc(OC2CCCCC2)c1. The highest BCUT2D eigenvalue weighted by Crippen LogP contribution is 2.23. The Kier molecular flexibility index (Phi) is 3.44. The van der Waals surface area contributed by atoms with Crippen molar-refractivity contribution in [1.29, 1.82) is 0 Å². The van der Waals surface area contributed by atoms with Crippen molar-refractivity contribution in [1.82, 2.24) is 0 Å². The van der Waals surface area contributed by atoms with Crippen LogP contribution in [0.2, 0.25) is 0 Å². The molecule has 80 valence electrons. The molecule has 0 heterocycles. The first-order valence-corrected chi connectivity index (χ1v) is 5.77. The molecule has 0 saturated heterocycles. The van der Waals surface area contributed by atoms with Gasteiger partial charge in [0.2, 0.25) is 0 Å². The maximum atomic E-state index is 5.95. The van der Waals surface area contributed by atoms with Crippen molar-refractivity contribution in [2.24, 2.45) is 0 Å². The van der Waals surface area contributed by atoms with Gasteiger partial charge >= 0.3 is 0 Å². The molecule has 0 atom stereocenters. The lowest BCUT2D eigenvalue weighted by molar-refractivity contribution is 0.155. The Bertz CT molecular complexity index is 324. The molecule has 1 aromatic rings. The van der Waals surface area contributed by atoms with Crippen LogP contribution in [0.1, 0.15) is 37.7 Å². The molecule has 0 N–H and O–H groups in total. The van der Waals surface area contributed by atoms with E-state index in [2.05, 4.69) is 12.6 Å². The van der Waals surface area contributed by atoms with E-state index in [1.54, 1.807) is 0 Å². The quantitative estimate of drug-likeness (QED) is 0.718. The maximum absolute atomic E-state index is 5.95. The third-order valence-corrected chi connectivity index (χ3v) is 2.95. The highest BCUT2D eigenvalue weighted by Gasteiger charge is 2.14. The van der Waals surface area contributed by atoms with E-state index in [1.165, 1.54) is 32.1 Å². The van der Waals surface area contributed by atoms with E-state index in [0.717, 1.165) is 11.3 Å². The molecule has 0 aliphatic heterocycles. The predicted octanol–water partition coefficient (Wildman–Crippen LogP) is 4.04. The van der Waals surface area contributed by atoms with Gasteiger partial charge in [-0.25, -0.2) is 0 Å². The van der Waals surface area contributed by atoms with E-state index in [4.69, 9.17) is 4.74 Å². The Balaban J connectivity index is 1.99. The molecule has 15 heavy (non-hydrogen) atoms. The lowest BCUT2D eigenvalue weighted by atomic mass is 9.98. The van der Waals surface area contributed by atoms with Gasteiger partial charge in [0.1, 0.15) is 5.75 Å². The molecular formula is C14H18O. The van der Waals surface area contributed by atoms with Crippen LogP contribution in [0.4, 0.5) is 0 Å². The number of hydrogen-bond donors (Lipinski definition) is 0. The van der Waals surface area contributed by atoms with E-state index in [0.29, 0.717) is 6.10 Å². The van der Waals surface area contributed by atoms with Crippen molar-refractivity contribution in [3.8, 4) is 5.75 Å². The summed E-state index contributed by atoms with van der Waals surface area (Å²) in [6.45, 7) is 3.76.